The summed E-state index contributed by atoms with van der Waals surface area (Å²) in [5, 5.41) is 8.29. The Hall–Kier alpha value is -1.59. The maximum atomic E-state index is 11.6. The number of amides is 2. The molecule has 0 unspecified atom stereocenters. The lowest BCUT2D eigenvalue weighted by Crippen LogP contribution is -2.21. The van der Waals surface area contributed by atoms with Crippen molar-refractivity contribution >= 4 is 29.9 Å². The van der Waals surface area contributed by atoms with Gasteiger partial charge in [-0.25, -0.2) is 0 Å². The summed E-state index contributed by atoms with van der Waals surface area (Å²) in [6.45, 7) is 2.44. The highest BCUT2D eigenvalue weighted by atomic mass is 35.5. The average Bonchev–Trinajstić information content (AvgIpc) is 2.38. The van der Waals surface area contributed by atoms with Crippen molar-refractivity contribution in [1.82, 2.24) is 10.6 Å². The van der Waals surface area contributed by atoms with Gasteiger partial charge < -0.3 is 16.0 Å². The molecule has 0 spiro atoms. The van der Waals surface area contributed by atoms with Gasteiger partial charge in [-0.05, 0) is 31.7 Å². The standard InChI is InChI=1S/C13H19N3O2.ClH/c1-9-10(13(18)15-3)5-4-6-11(9)16-12(17)7-8-14-2;/h4-6,14H,7-8H2,1-3H3,(H,15,18)(H,16,17);1H. The summed E-state index contributed by atoms with van der Waals surface area (Å²) in [7, 11) is 3.38. The van der Waals surface area contributed by atoms with Crippen LogP contribution in [-0.4, -0.2) is 32.5 Å². The summed E-state index contributed by atoms with van der Waals surface area (Å²) in [5.41, 5.74) is 2.02. The second-order valence-corrected chi connectivity index (χ2v) is 3.96. The minimum absolute atomic E-state index is 0. The lowest BCUT2D eigenvalue weighted by Gasteiger charge is -2.11. The van der Waals surface area contributed by atoms with Gasteiger partial charge >= 0.3 is 0 Å². The molecule has 0 atom stereocenters. The highest BCUT2D eigenvalue weighted by Gasteiger charge is 2.11. The number of hydrogen-bond donors (Lipinski definition) is 3. The van der Waals surface area contributed by atoms with Gasteiger partial charge in [0.25, 0.3) is 5.91 Å². The molecule has 1 aromatic carbocycles. The van der Waals surface area contributed by atoms with Crippen molar-refractivity contribution < 1.29 is 9.59 Å². The minimum atomic E-state index is -0.154. The Morgan fingerprint density at radius 3 is 2.47 bits per heavy atom. The molecule has 0 bridgehead atoms. The van der Waals surface area contributed by atoms with Crippen LogP contribution in [0.3, 0.4) is 0 Å². The second-order valence-electron chi connectivity index (χ2n) is 3.96. The number of anilines is 1. The number of halogens is 1. The number of hydrogen-bond acceptors (Lipinski definition) is 3. The van der Waals surface area contributed by atoms with Crippen LogP contribution in [0.4, 0.5) is 5.69 Å². The molecule has 0 saturated heterocycles. The third-order valence-electron chi connectivity index (χ3n) is 2.68. The van der Waals surface area contributed by atoms with Crippen LogP contribution in [0, 0.1) is 6.92 Å². The largest absolute Gasteiger partial charge is 0.355 e. The monoisotopic (exact) mass is 285 g/mol. The van der Waals surface area contributed by atoms with Gasteiger partial charge in [0.15, 0.2) is 0 Å². The van der Waals surface area contributed by atoms with Gasteiger partial charge in [-0.2, -0.15) is 0 Å². The van der Waals surface area contributed by atoms with Gasteiger partial charge in [0, 0.05) is 31.3 Å². The quantitative estimate of drug-likeness (QED) is 0.764. The van der Waals surface area contributed by atoms with Crippen molar-refractivity contribution in [1.29, 1.82) is 0 Å². The molecule has 0 aromatic heterocycles. The molecular formula is C13H20ClN3O2. The van der Waals surface area contributed by atoms with Gasteiger partial charge in [-0.15, -0.1) is 12.4 Å². The van der Waals surface area contributed by atoms with E-state index in [0.717, 1.165) is 5.56 Å². The second kappa shape index (κ2) is 8.50. The van der Waals surface area contributed by atoms with Crippen LogP contribution in [-0.2, 0) is 4.79 Å². The number of carbonyl (C=O) groups is 2. The molecular weight excluding hydrogens is 266 g/mol. The maximum absolute atomic E-state index is 11.6. The first-order chi connectivity index (χ1) is 8.60. The fourth-order valence-electron chi connectivity index (χ4n) is 1.60. The highest BCUT2D eigenvalue weighted by molar-refractivity contribution is 5.99. The first-order valence-electron chi connectivity index (χ1n) is 5.86. The van der Waals surface area contributed by atoms with E-state index < -0.39 is 0 Å². The number of benzene rings is 1. The Bertz CT molecular complexity index is 450. The van der Waals surface area contributed by atoms with Gasteiger partial charge in [-0.3, -0.25) is 9.59 Å². The van der Waals surface area contributed by atoms with Crippen LogP contribution in [0.15, 0.2) is 18.2 Å². The van der Waals surface area contributed by atoms with Crippen molar-refractivity contribution in [2.24, 2.45) is 0 Å². The van der Waals surface area contributed by atoms with Gasteiger partial charge in [-0.1, -0.05) is 6.07 Å². The maximum Gasteiger partial charge on any atom is 0.251 e. The van der Waals surface area contributed by atoms with E-state index in [2.05, 4.69) is 16.0 Å². The minimum Gasteiger partial charge on any atom is -0.355 e. The van der Waals surface area contributed by atoms with E-state index in [1.807, 2.05) is 6.92 Å². The van der Waals surface area contributed by atoms with Crippen molar-refractivity contribution in [2.45, 2.75) is 13.3 Å². The third kappa shape index (κ3) is 4.89. The molecule has 2 amide bonds. The lowest BCUT2D eigenvalue weighted by atomic mass is 10.1. The van der Waals surface area contributed by atoms with E-state index in [1.54, 1.807) is 32.3 Å². The molecule has 1 aromatic rings. The lowest BCUT2D eigenvalue weighted by molar-refractivity contribution is -0.116. The average molecular weight is 286 g/mol. The van der Waals surface area contributed by atoms with Crippen LogP contribution in [0.25, 0.3) is 0 Å². The van der Waals surface area contributed by atoms with Crippen LogP contribution in [0.5, 0.6) is 0 Å². The molecule has 106 valence electrons. The Morgan fingerprint density at radius 1 is 1.21 bits per heavy atom. The molecule has 3 N–H and O–H groups in total. The molecule has 0 fully saturated rings. The zero-order valence-corrected chi connectivity index (χ0v) is 12.2. The third-order valence-corrected chi connectivity index (χ3v) is 2.68. The van der Waals surface area contributed by atoms with E-state index in [-0.39, 0.29) is 24.2 Å². The zero-order valence-electron chi connectivity index (χ0n) is 11.4. The molecule has 5 nitrogen and oxygen atoms in total. The van der Waals surface area contributed by atoms with Crippen molar-refractivity contribution in [2.75, 3.05) is 26.0 Å². The number of rotatable bonds is 5. The van der Waals surface area contributed by atoms with E-state index >= 15 is 0 Å². The first kappa shape index (κ1) is 17.4. The predicted octanol–water partition coefficient (Wildman–Crippen LogP) is 1.32. The molecule has 0 aliphatic heterocycles. The van der Waals surface area contributed by atoms with E-state index in [0.29, 0.717) is 24.2 Å². The van der Waals surface area contributed by atoms with Crippen LogP contribution >= 0.6 is 12.4 Å². The van der Waals surface area contributed by atoms with E-state index in [9.17, 15) is 9.59 Å². The van der Waals surface area contributed by atoms with Gasteiger partial charge in [0.1, 0.15) is 0 Å². The number of carbonyl (C=O) groups excluding carboxylic acids is 2. The molecule has 0 aliphatic carbocycles. The zero-order chi connectivity index (χ0) is 13.5. The van der Waals surface area contributed by atoms with Crippen molar-refractivity contribution in [3.63, 3.8) is 0 Å². The van der Waals surface area contributed by atoms with Crippen LogP contribution in [0.1, 0.15) is 22.3 Å². The van der Waals surface area contributed by atoms with Crippen LogP contribution < -0.4 is 16.0 Å². The van der Waals surface area contributed by atoms with Gasteiger partial charge in [0.2, 0.25) is 5.91 Å². The number of nitrogens with one attached hydrogen (secondary N) is 3. The van der Waals surface area contributed by atoms with Gasteiger partial charge in [0.05, 0.1) is 0 Å². The summed E-state index contributed by atoms with van der Waals surface area (Å²) in [6.07, 6.45) is 0.403. The molecule has 0 radical (unpaired) electrons. The summed E-state index contributed by atoms with van der Waals surface area (Å²) in [4.78, 5) is 23.2. The summed E-state index contributed by atoms with van der Waals surface area (Å²) in [6, 6.07) is 5.28. The summed E-state index contributed by atoms with van der Waals surface area (Å²) in [5.74, 6) is -0.222. The fraction of sp³-hybridized carbons (Fsp3) is 0.385. The molecule has 6 heteroatoms. The molecule has 0 heterocycles. The molecule has 0 saturated carbocycles. The molecule has 19 heavy (non-hydrogen) atoms. The Labute approximate surface area is 119 Å². The first-order valence-corrected chi connectivity index (χ1v) is 5.86. The Kier molecular flexibility index (Phi) is 7.79. The smallest absolute Gasteiger partial charge is 0.251 e. The highest BCUT2D eigenvalue weighted by Crippen LogP contribution is 2.19. The Balaban J connectivity index is 0.00000324. The molecule has 0 aliphatic rings. The predicted molar refractivity (Wildman–Crippen MR) is 79.0 cm³/mol. The summed E-state index contributed by atoms with van der Waals surface area (Å²) >= 11 is 0. The van der Waals surface area contributed by atoms with E-state index in [4.69, 9.17) is 0 Å². The SMILES string of the molecule is CNCCC(=O)Nc1cccc(C(=O)NC)c1C.Cl. The Morgan fingerprint density at radius 2 is 1.89 bits per heavy atom. The van der Waals surface area contributed by atoms with Crippen LogP contribution in [0.2, 0.25) is 0 Å². The molecule has 1 rings (SSSR count). The normalized spacial score (nSPS) is 9.42. The van der Waals surface area contributed by atoms with Crippen molar-refractivity contribution in [3.05, 3.63) is 29.3 Å². The van der Waals surface area contributed by atoms with Crippen molar-refractivity contribution in [3.8, 4) is 0 Å². The fourth-order valence-corrected chi connectivity index (χ4v) is 1.60. The summed E-state index contributed by atoms with van der Waals surface area (Å²) < 4.78 is 0. The van der Waals surface area contributed by atoms with E-state index in [1.165, 1.54) is 0 Å². The topological polar surface area (TPSA) is 70.2 Å².